The minimum Gasteiger partial charge on any atom is -0.349 e. The van der Waals surface area contributed by atoms with E-state index in [0.717, 1.165) is 47.1 Å². The number of hydrogen-bond acceptors (Lipinski definition) is 4. The standard InChI is InChI=1S/C29H31FN4O2/c1-19(7-6-14-31-18-26(35)22-8-4-3-5-9-22)17-32-29(36)28-33-25-16-23(15-20(2)27(25)34-28)21-10-12-24(30)13-11-21/h3-5,8-13,15-16,19,31H,6-7,14,17-18H2,1-2H3,(H,32,36)(H,33,34)/t19-/m0/s1. The van der Waals surface area contributed by atoms with Gasteiger partial charge in [0.25, 0.3) is 5.91 Å². The van der Waals surface area contributed by atoms with Crippen LogP contribution < -0.4 is 10.6 Å². The van der Waals surface area contributed by atoms with E-state index in [1.54, 1.807) is 12.1 Å². The topological polar surface area (TPSA) is 86.9 Å². The van der Waals surface area contributed by atoms with Gasteiger partial charge < -0.3 is 15.6 Å². The van der Waals surface area contributed by atoms with Crippen LogP contribution in [0.25, 0.3) is 22.2 Å². The highest BCUT2D eigenvalue weighted by Gasteiger charge is 2.15. The van der Waals surface area contributed by atoms with Gasteiger partial charge in [0.2, 0.25) is 0 Å². The van der Waals surface area contributed by atoms with E-state index in [0.29, 0.717) is 18.7 Å². The summed E-state index contributed by atoms with van der Waals surface area (Å²) in [6.07, 6.45) is 1.84. The van der Waals surface area contributed by atoms with Crippen LogP contribution in [0.15, 0.2) is 66.7 Å². The van der Waals surface area contributed by atoms with Gasteiger partial charge in [-0.1, -0.05) is 49.4 Å². The maximum absolute atomic E-state index is 13.3. The second-order valence-electron chi connectivity index (χ2n) is 9.21. The molecule has 1 aromatic heterocycles. The van der Waals surface area contributed by atoms with Crippen molar-refractivity contribution in [2.45, 2.75) is 26.7 Å². The molecule has 7 heteroatoms. The smallest absolute Gasteiger partial charge is 0.287 e. The maximum Gasteiger partial charge on any atom is 0.287 e. The lowest BCUT2D eigenvalue weighted by Gasteiger charge is -2.12. The van der Waals surface area contributed by atoms with Gasteiger partial charge in [0, 0.05) is 12.1 Å². The fraction of sp³-hybridized carbons (Fsp3) is 0.276. The number of benzene rings is 3. The molecule has 1 atom stereocenters. The molecule has 0 fully saturated rings. The number of H-pyrrole nitrogens is 1. The van der Waals surface area contributed by atoms with Crippen LogP contribution in [0.1, 0.15) is 46.3 Å². The number of hydrogen-bond donors (Lipinski definition) is 3. The fourth-order valence-corrected chi connectivity index (χ4v) is 4.16. The van der Waals surface area contributed by atoms with E-state index in [1.165, 1.54) is 12.1 Å². The predicted molar refractivity (Wildman–Crippen MR) is 141 cm³/mol. The highest BCUT2D eigenvalue weighted by atomic mass is 19.1. The summed E-state index contributed by atoms with van der Waals surface area (Å²) in [6.45, 7) is 5.65. The first-order chi connectivity index (χ1) is 17.4. The van der Waals surface area contributed by atoms with Crippen molar-refractivity contribution in [3.63, 3.8) is 0 Å². The molecule has 3 N–H and O–H groups in total. The van der Waals surface area contributed by atoms with Crippen molar-refractivity contribution in [1.29, 1.82) is 0 Å². The van der Waals surface area contributed by atoms with Crippen molar-refractivity contribution in [2.24, 2.45) is 5.92 Å². The molecule has 0 aliphatic carbocycles. The van der Waals surface area contributed by atoms with Gasteiger partial charge >= 0.3 is 0 Å². The maximum atomic E-state index is 13.3. The molecule has 0 saturated carbocycles. The van der Waals surface area contributed by atoms with Gasteiger partial charge in [-0.05, 0) is 73.2 Å². The number of rotatable bonds is 11. The largest absolute Gasteiger partial charge is 0.349 e. The summed E-state index contributed by atoms with van der Waals surface area (Å²) in [7, 11) is 0. The zero-order valence-electron chi connectivity index (χ0n) is 20.6. The zero-order chi connectivity index (χ0) is 25.5. The summed E-state index contributed by atoms with van der Waals surface area (Å²) in [5.41, 5.74) is 5.00. The number of Topliss-reactive ketones (excluding diaryl/α,β-unsaturated/α-hetero) is 1. The van der Waals surface area contributed by atoms with Gasteiger partial charge in [0.1, 0.15) is 5.82 Å². The molecule has 4 aromatic rings. The number of aromatic nitrogens is 2. The third-order valence-electron chi connectivity index (χ3n) is 6.21. The highest BCUT2D eigenvalue weighted by Crippen LogP contribution is 2.26. The number of nitrogens with zero attached hydrogens (tertiary/aromatic N) is 1. The van der Waals surface area contributed by atoms with Crippen LogP contribution in [0.4, 0.5) is 4.39 Å². The molecule has 0 aliphatic heterocycles. The first-order valence-electron chi connectivity index (χ1n) is 12.2. The lowest BCUT2D eigenvalue weighted by molar-refractivity contribution is 0.0936. The Hall–Kier alpha value is -3.84. The lowest BCUT2D eigenvalue weighted by Crippen LogP contribution is -2.29. The van der Waals surface area contributed by atoms with Crippen LogP contribution in [0.3, 0.4) is 0 Å². The number of fused-ring (bicyclic) bond motifs is 1. The number of aromatic amines is 1. The van der Waals surface area contributed by atoms with Crippen LogP contribution >= 0.6 is 0 Å². The van der Waals surface area contributed by atoms with E-state index < -0.39 is 0 Å². The van der Waals surface area contributed by atoms with Gasteiger partial charge in [0.05, 0.1) is 17.6 Å². The zero-order valence-corrected chi connectivity index (χ0v) is 20.6. The monoisotopic (exact) mass is 486 g/mol. The molecule has 0 spiro atoms. The second kappa shape index (κ2) is 11.7. The number of carbonyl (C=O) groups is 2. The number of halogens is 1. The molecule has 0 bridgehead atoms. The Labute approximate surface area is 210 Å². The number of ketones is 1. The summed E-state index contributed by atoms with van der Waals surface area (Å²) in [4.78, 5) is 32.4. The van der Waals surface area contributed by atoms with Crippen molar-refractivity contribution >= 4 is 22.7 Å². The van der Waals surface area contributed by atoms with Crippen LogP contribution in [0, 0.1) is 18.7 Å². The molecule has 0 radical (unpaired) electrons. The Balaban J connectivity index is 1.24. The number of carbonyl (C=O) groups excluding carboxylic acids is 2. The van der Waals surface area contributed by atoms with Crippen LogP contribution in [0.5, 0.6) is 0 Å². The first-order valence-corrected chi connectivity index (χ1v) is 12.2. The average molecular weight is 487 g/mol. The molecule has 6 nitrogen and oxygen atoms in total. The normalized spacial score (nSPS) is 12.0. The third kappa shape index (κ3) is 6.43. The SMILES string of the molecule is Cc1cc(-c2ccc(F)cc2)cc2[nH]c(C(=O)NC[C@@H](C)CCCNCC(=O)c3ccccc3)nc12. The summed E-state index contributed by atoms with van der Waals surface area (Å²) in [6, 6.07) is 19.5. The van der Waals surface area contributed by atoms with Crippen molar-refractivity contribution < 1.29 is 14.0 Å². The van der Waals surface area contributed by atoms with E-state index in [-0.39, 0.29) is 29.2 Å². The minimum absolute atomic E-state index is 0.0850. The van der Waals surface area contributed by atoms with Gasteiger partial charge in [-0.2, -0.15) is 0 Å². The van der Waals surface area contributed by atoms with Gasteiger partial charge in [0.15, 0.2) is 11.6 Å². The van der Waals surface area contributed by atoms with Crippen LogP contribution in [-0.4, -0.2) is 41.3 Å². The first kappa shape index (κ1) is 25.3. The summed E-state index contributed by atoms with van der Waals surface area (Å²) in [5.74, 6) is 0.129. The Morgan fingerprint density at radius 3 is 2.53 bits per heavy atom. The molecule has 36 heavy (non-hydrogen) atoms. The van der Waals surface area contributed by atoms with Crippen molar-refractivity contribution in [1.82, 2.24) is 20.6 Å². The fourth-order valence-electron chi connectivity index (χ4n) is 4.16. The van der Waals surface area contributed by atoms with Crippen molar-refractivity contribution in [3.05, 3.63) is 89.5 Å². The summed E-state index contributed by atoms with van der Waals surface area (Å²) >= 11 is 0. The molecule has 4 rings (SSSR count). The predicted octanol–water partition coefficient (Wildman–Crippen LogP) is 5.30. The minimum atomic E-state index is -0.277. The third-order valence-corrected chi connectivity index (χ3v) is 6.21. The summed E-state index contributed by atoms with van der Waals surface area (Å²) in [5, 5.41) is 6.16. The Kier molecular flexibility index (Phi) is 8.23. The average Bonchev–Trinajstić information content (AvgIpc) is 3.33. The molecular formula is C29H31FN4O2. The number of aryl methyl sites for hydroxylation is 1. The highest BCUT2D eigenvalue weighted by molar-refractivity contribution is 5.97. The number of imidazole rings is 1. The number of nitrogens with one attached hydrogen (secondary N) is 3. The Morgan fingerprint density at radius 2 is 1.78 bits per heavy atom. The molecule has 0 saturated heterocycles. The molecule has 0 aliphatic rings. The molecule has 0 unspecified atom stereocenters. The van der Waals surface area contributed by atoms with Crippen molar-refractivity contribution in [2.75, 3.05) is 19.6 Å². The molecule has 1 amide bonds. The number of amides is 1. The Morgan fingerprint density at radius 1 is 1.03 bits per heavy atom. The summed E-state index contributed by atoms with van der Waals surface area (Å²) < 4.78 is 13.3. The van der Waals surface area contributed by atoms with E-state index in [1.807, 2.05) is 49.4 Å². The van der Waals surface area contributed by atoms with Crippen LogP contribution in [0.2, 0.25) is 0 Å². The van der Waals surface area contributed by atoms with Gasteiger partial charge in [-0.15, -0.1) is 0 Å². The van der Waals surface area contributed by atoms with E-state index >= 15 is 0 Å². The van der Waals surface area contributed by atoms with E-state index in [9.17, 15) is 14.0 Å². The Bertz CT molecular complexity index is 1330. The van der Waals surface area contributed by atoms with E-state index in [4.69, 9.17) is 0 Å². The van der Waals surface area contributed by atoms with Crippen LogP contribution in [-0.2, 0) is 0 Å². The lowest BCUT2D eigenvalue weighted by atomic mass is 10.0. The van der Waals surface area contributed by atoms with E-state index in [2.05, 4.69) is 27.5 Å². The quantitative estimate of drug-likeness (QED) is 0.198. The van der Waals surface area contributed by atoms with Gasteiger partial charge in [-0.25, -0.2) is 9.37 Å². The second-order valence-corrected chi connectivity index (χ2v) is 9.21. The molecule has 3 aromatic carbocycles. The van der Waals surface area contributed by atoms with Gasteiger partial charge in [-0.3, -0.25) is 9.59 Å². The molecular weight excluding hydrogens is 455 g/mol. The molecule has 1 heterocycles. The molecule has 186 valence electrons. The van der Waals surface area contributed by atoms with Crippen molar-refractivity contribution in [3.8, 4) is 11.1 Å².